The van der Waals surface area contributed by atoms with Gasteiger partial charge in [-0.15, -0.1) is 0 Å². The van der Waals surface area contributed by atoms with Gasteiger partial charge in [-0.3, -0.25) is 0 Å². The van der Waals surface area contributed by atoms with Gasteiger partial charge < -0.3 is 0 Å². The normalized spacial score (nSPS) is 45.5. The Morgan fingerprint density at radius 3 is 2.82 bits per heavy atom. The molecule has 22 heavy (non-hydrogen) atoms. The van der Waals surface area contributed by atoms with Crippen molar-refractivity contribution in [1.82, 2.24) is 3.53 Å². The molecular weight excluding hydrogens is 512 g/mol. The number of nitrogens with one attached hydrogen (secondary N) is 1. The van der Waals surface area contributed by atoms with Crippen molar-refractivity contribution in [3.05, 3.63) is 0 Å². The summed E-state index contributed by atoms with van der Waals surface area (Å²) >= 11 is -0.182. The summed E-state index contributed by atoms with van der Waals surface area (Å²) in [6.07, 6.45) is 3.64. The van der Waals surface area contributed by atoms with E-state index < -0.39 is 0 Å². The van der Waals surface area contributed by atoms with E-state index in [2.05, 4.69) is 15.4 Å². The number of rotatable bonds is 4. The Bertz CT molecular complexity index is 526. The van der Waals surface area contributed by atoms with Crippen LogP contribution in [0.1, 0.15) is 32.6 Å². The molecule has 5 nitrogen and oxygen atoms in total. The second kappa shape index (κ2) is 5.44. The molecule has 126 valence electrons. The van der Waals surface area contributed by atoms with Crippen molar-refractivity contribution >= 4 is 11.9 Å². The molecule has 4 aliphatic rings. The van der Waals surface area contributed by atoms with Crippen LogP contribution in [-0.4, -0.2) is 37.1 Å². The van der Waals surface area contributed by atoms with Crippen molar-refractivity contribution in [2.45, 2.75) is 46.2 Å². The third-order valence-electron chi connectivity index (χ3n) is 5.97. The van der Waals surface area contributed by atoms with Crippen LogP contribution < -0.4 is 46.2 Å². The third kappa shape index (κ3) is 2.24. The molecule has 6 atom stereocenters. The summed E-state index contributed by atoms with van der Waals surface area (Å²) < 4.78 is 14.7. The van der Waals surface area contributed by atoms with Crippen LogP contribution in [0.25, 0.3) is 0 Å². The van der Waals surface area contributed by atoms with Crippen molar-refractivity contribution < 1.29 is 61.7 Å². The fourth-order valence-corrected chi connectivity index (χ4v) is 10.3. The zero-order valence-electron chi connectivity index (χ0n) is 12.7. The molecule has 6 unspecified atom stereocenters. The van der Waals surface area contributed by atoms with E-state index in [0.717, 1.165) is 25.7 Å². The summed E-state index contributed by atoms with van der Waals surface area (Å²) in [5, 5.41) is 0. The number of cyclic esters (lactones) is 1. The Hall–Kier alpha value is 0.360. The number of alkyl halides is 3. The van der Waals surface area contributed by atoms with Crippen molar-refractivity contribution in [2.75, 3.05) is 11.5 Å². The molecule has 1 N–H and O–H groups in total. The first kappa shape index (κ1) is 15.9. The number of halogens is 2. The Kier molecular flexibility index (Phi) is 3.92. The first-order valence-electron chi connectivity index (χ1n) is 7.76. The molecular formula is C15H21I2NO4-2. The number of carbonyl (C=O) groups excluding carboxylic acids is 2. The summed E-state index contributed by atoms with van der Waals surface area (Å²) in [5.74, 6) is 0.735. The number of hydrogen-bond acceptors (Lipinski definition) is 5. The van der Waals surface area contributed by atoms with Crippen LogP contribution in [0.15, 0.2) is 0 Å². The number of ether oxygens (including phenoxy) is 2. The molecule has 7 heteroatoms. The summed E-state index contributed by atoms with van der Waals surface area (Å²) in [4.78, 5) is 26.9. The van der Waals surface area contributed by atoms with Crippen LogP contribution >= 0.6 is 0 Å². The van der Waals surface area contributed by atoms with Gasteiger partial charge in [0.2, 0.25) is 0 Å². The minimum atomic E-state index is -0.252. The first-order chi connectivity index (χ1) is 10.5. The second-order valence-electron chi connectivity index (χ2n) is 6.96. The molecule has 2 saturated heterocycles. The number of hydrogen-bond donors (Lipinski definition) is 1. The fourth-order valence-electron chi connectivity index (χ4n) is 4.42. The number of fused-ring (bicyclic) bond motifs is 3. The molecule has 2 saturated carbocycles. The third-order valence-corrected chi connectivity index (χ3v) is 13.0. The van der Waals surface area contributed by atoms with E-state index in [0.29, 0.717) is 22.5 Å². The molecule has 0 aromatic carbocycles. The molecule has 4 rings (SSSR count). The average molecular weight is 533 g/mol. The molecule has 0 amide bonds. The van der Waals surface area contributed by atoms with Gasteiger partial charge in [-0.2, -0.15) is 0 Å². The average Bonchev–Trinajstić information content (AvgIpc) is 3.10. The van der Waals surface area contributed by atoms with Crippen molar-refractivity contribution in [1.29, 1.82) is 0 Å². The summed E-state index contributed by atoms with van der Waals surface area (Å²) in [6.45, 7) is 2.65. The quantitative estimate of drug-likeness (QED) is 0.0978. The van der Waals surface area contributed by atoms with E-state index in [-0.39, 0.29) is 69.6 Å². The Morgan fingerprint density at radius 2 is 2.32 bits per heavy atom. The van der Waals surface area contributed by atoms with Gasteiger partial charge in [0.25, 0.3) is 0 Å². The van der Waals surface area contributed by atoms with Gasteiger partial charge in [0.05, 0.1) is 0 Å². The van der Waals surface area contributed by atoms with Gasteiger partial charge in [0, 0.05) is 0 Å². The van der Waals surface area contributed by atoms with E-state index in [9.17, 15) is 9.59 Å². The van der Waals surface area contributed by atoms with Crippen LogP contribution in [0.4, 0.5) is 0 Å². The zero-order valence-corrected chi connectivity index (χ0v) is 17.0. The maximum atomic E-state index is 12.7. The van der Waals surface area contributed by atoms with Crippen LogP contribution in [0.2, 0.25) is 0 Å². The minimum absolute atomic E-state index is 0.000900. The predicted octanol–water partition coefficient (Wildman–Crippen LogP) is -5.33. The zero-order chi connectivity index (χ0) is 15.5. The van der Waals surface area contributed by atoms with Gasteiger partial charge >= 0.3 is 152 Å². The van der Waals surface area contributed by atoms with Gasteiger partial charge in [0.1, 0.15) is 0 Å². The second-order valence-corrected chi connectivity index (χ2v) is 12.8. The number of carbonyl (C=O) groups is 2. The van der Waals surface area contributed by atoms with Gasteiger partial charge in [-0.05, 0) is 0 Å². The molecule has 1 spiro atoms. The molecule has 2 aliphatic heterocycles. The van der Waals surface area contributed by atoms with Crippen LogP contribution in [0.3, 0.4) is 0 Å². The van der Waals surface area contributed by atoms with Crippen molar-refractivity contribution in [3.8, 4) is 0 Å². The summed E-state index contributed by atoms with van der Waals surface area (Å²) in [5.41, 5.74) is -0.238. The Labute approximate surface area is 151 Å². The molecule has 4 fully saturated rings. The summed E-state index contributed by atoms with van der Waals surface area (Å²) in [7, 11) is 0. The monoisotopic (exact) mass is 533 g/mol. The van der Waals surface area contributed by atoms with E-state index in [4.69, 9.17) is 9.47 Å². The van der Waals surface area contributed by atoms with Gasteiger partial charge in [-0.25, -0.2) is 0 Å². The SMILES string of the molecule is C[I-]C(C)(C(=O)OC1CC2CC1CC21CCOC1=O)C1N[I-]1. The molecule has 2 bridgehead atoms. The fraction of sp³-hybridized carbons (Fsp3) is 0.867. The van der Waals surface area contributed by atoms with Crippen LogP contribution in [-0.2, 0) is 19.1 Å². The Morgan fingerprint density at radius 1 is 1.55 bits per heavy atom. The van der Waals surface area contributed by atoms with E-state index >= 15 is 0 Å². The molecule has 0 aromatic heterocycles. The number of esters is 2. The Balaban J connectivity index is 1.43. The molecule has 2 heterocycles. The van der Waals surface area contributed by atoms with E-state index in [1.807, 2.05) is 0 Å². The predicted molar refractivity (Wildman–Crippen MR) is 70.0 cm³/mol. The summed E-state index contributed by atoms with van der Waals surface area (Å²) in [6, 6.07) is 0. The molecule has 0 aromatic rings. The topological polar surface area (TPSA) is 74.5 Å². The molecule has 2 aliphatic carbocycles. The van der Waals surface area contributed by atoms with Crippen LogP contribution in [0, 0.1) is 17.3 Å². The first-order valence-corrected chi connectivity index (χ1v) is 13.3. The maximum absolute atomic E-state index is 12.7. The van der Waals surface area contributed by atoms with Crippen LogP contribution in [0.5, 0.6) is 0 Å². The molecule has 0 radical (unpaired) electrons. The van der Waals surface area contributed by atoms with Gasteiger partial charge in [0.15, 0.2) is 0 Å². The van der Waals surface area contributed by atoms with Gasteiger partial charge in [-0.1, -0.05) is 0 Å². The van der Waals surface area contributed by atoms with Crippen molar-refractivity contribution in [3.63, 3.8) is 0 Å². The van der Waals surface area contributed by atoms with E-state index in [1.54, 1.807) is 0 Å². The standard InChI is InChI=1S/C15H21I2NO4/c1-14(16-2,11-17-18-11)12(19)22-10-6-9-5-8(10)7-15(9)3-4-21-13(15)20/h8-11,18H,3-7H2,1-2H3/q-2. The van der Waals surface area contributed by atoms with Crippen molar-refractivity contribution in [2.24, 2.45) is 17.3 Å². The van der Waals surface area contributed by atoms with E-state index in [1.165, 1.54) is 0 Å².